The summed E-state index contributed by atoms with van der Waals surface area (Å²) in [7, 11) is 0. The summed E-state index contributed by atoms with van der Waals surface area (Å²) < 4.78 is 0. The van der Waals surface area contributed by atoms with Crippen molar-refractivity contribution in [2.75, 3.05) is 32.7 Å². The molecule has 0 aromatic heterocycles. The molecule has 1 saturated heterocycles. The van der Waals surface area contributed by atoms with E-state index in [1.54, 1.807) is 0 Å². The Kier molecular flexibility index (Phi) is 6.91. The first-order valence-corrected chi connectivity index (χ1v) is 8.77. The van der Waals surface area contributed by atoms with Crippen LogP contribution in [0.3, 0.4) is 0 Å². The molecule has 0 saturated carbocycles. The van der Waals surface area contributed by atoms with Crippen LogP contribution < -0.4 is 0 Å². The average Bonchev–Trinajstić information content (AvgIpc) is 2.57. The van der Waals surface area contributed by atoms with E-state index in [2.05, 4.69) is 54.0 Å². The summed E-state index contributed by atoms with van der Waals surface area (Å²) in [6.07, 6.45) is 4.12. The van der Waals surface area contributed by atoms with E-state index < -0.39 is 0 Å². The van der Waals surface area contributed by atoms with Gasteiger partial charge in [0.15, 0.2) is 0 Å². The molecular formula is C19H30N2O. The molecule has 2 rings (SSSR count). The number of nitrogens with zero attached hydrogens (tertiary/aromatic N) is 2. The zero-order chi connectivity index (χ0) is 15.8. The van der Waals surface area contributed by atoms with Gasteiger partial charge in [0.25, 0.3) is 0 Å². The number of benzene rings is 1. The van der Waals surface area contributed by atoms with Gasteiger partial charge in [0.1, 0.15) is 0 Å². The van der Waals surface area contributed by atoms with E-state index in [9.17, 15) is 4.79 Å². The molecule has 1 aromatic carbocycles. The first-order chi connectivity index (χ1) is 10.7. The number of likely N-dealkylation sites (tertiary alicyclic amines) is 1. The second kappa shape index (κ2) is 8.94. The third-order valence-electron chi connectivity index (χ3n) is 4.87. The zero-order valence-corrected chi connectivity index (χ0v) is 14.1. The molecule has 1 aliphatic rings. The first kappa shape index (κ1) is 17.0. The first-order valence-electron chi connectivity index (χ1n) is 8.77. The predicted octanol–water partition coefficient (Wildman–Crippen LogP) is 3.20. The normalized spacial score (nSPS) is 16.2. The summed E-state index contributed by atoms with van der Waals surface area (Å²) in [5.41, 5.74) is 1.42. The van der Waals surface area contributed by atoms with Gasteiger partial charge in [0, 0.05) is 26.1 Å². The van der Waals surface area contributed by atoms with Crippen LogP contribution in [0.25, 0.3) is 0 Å². The molecule has 0 N–H and O–H groups in total. The topological polar surface area (TPSA) is 23.6 Å². The highest BCUT2D eigenvalue weighted by Gasteiger charge is 2.22. The monoisotopic (exact) mass is 302 g/mol. The number of hydrogen-bond acceptors (Lipinski definition) is 2. The smallest absolute Gasteiger partial charge is 0.223 e. The number of carbonyl (C=O) groups is 1. The molecular weight excluding hydrogens is 272 g/mol. The van der Waals surface area contributed by atoms with Gasteiger partial charge in [-0.25, -0.2) is 0 Å². The van der Waals surface area contributed by atoms with Crippen LogP contribution in [-0.4, -0.2) is 48.4 Å². The Morgan fingerprint density at radius 3 is 2.36 bits per heavy atom. The van der Waals surface area contributed by atoms with Crippen molar-refractivity contribution in [1.82, 2.24) is 9.80 Å². The molecule has 1 fully saturated rings. The summed E-state index contributed by atoms with van der Waals surface area (Å²) in [6, 6.07) is 10.7. The Morgan fingerprint density at radius 2 is 1.77 bits per heavy atom. The maximum absolute atomic E-state index is 12.3. The van der Waals surface area contributed by atoms with Crippen molar-refractivity contribution in [2.45, 2.75) is 39.5 Å². The van der Waals surface area contributed by atoms with E-state index in [0.29, 0.717) is 12.3 Å². The number of piperidine rings is 1. The number of hydrogen-bond donors (Lipinski definition) is 0. The lowest BCUT2D eigenvalue weighted by molar-refractivity contribution is -0.132. The highest BCUT2D eigenvalue weighted by atomic mass is 16.2. The van der Waals surface area contributed by atoms with E-state index in [1.165, 1.54) is 5.56 Å². The Bertz CT molecular complexity index is 434. The van der Waals surface area contributed by atoms with E-state index in [4.69, 9.17) is 0 Å². The van der Waals surface area contributed by atoms with Gasteiger partial charge in [-0.05, 0) is 43.8 Å². The molecule has 1 heterocycles. The lowest BCUT2D eigenvalue weighted by atomic mass is 9.90. The largest absolute Gasteiger partial charge is 0.343 e. The molecule has 0 atom stereocenters. The second-order valence-corrected chi connectivity index (χ2v) is 6.29. The third kappa shape index (κ3) is 5.13. The number of carbonyl (C=O) groups excluding carboxylic acids is 1. The summed E-state index contributed by atoms with van der Waals surface area (Å²) in [5, 5.41) is 0. The van der Waals surface area contributed by atoms with Gasteiger partial charge in [-0.2, -0.15) is 0 Å². The summed E-state index contributed by atoms with van der Waals surface area (Å²) >= 11 is 0. The van der Waals surface area contributed by atoms with Crippen molar-refractivity contribution < 1.29 is 4.79 Å². The van der Waals surface area contributed by atoms with Crippen molar-refractivity contribution in [3.8, 4) is 0 Å². The minimum Gasteiger partial charge on any atom is -0.343 e. The maximum Gasteiger partial charge on any atom is 0.223 e. The van der Waals surface area contributed by atoms with Gasteiger partial charge in [-0.1, -0.05) is 44.2 Å². The molecule has 3 heteroatoms. The van der Waals surface area contributed by atoms with Crippen LogP contribution in [0.4, 0.5) is 0 Å². The highest BCUT2D eigenvalue weighted by molar-refractivity contribution is 5.76. The lowest BCUT2D eigenvalue weighted by Gasteiger charge is -2.32. The average molecular weight is 302 g/mol. The van der Waals surface area contributed by atoms with Gasteiger partial charge in [-0.15, -0.1) is 0 Å². The Labute approximate surface area is 135 Å². The minimum absolute atomic E-state index is 0.338. The van der Waals surface area contributed by atoms with Crippen molar-refractivity contribution >= 4 is 5.91 Å². The van der Waals surface area contributed by atoms with Crippen LogP contribution in [0.1, 0.15) is 38.7 Å². The van der Waals surface area contributed by atoms with Crippen LogP contribution >= 0.6 is 0 Å². The molecule has 122 valence electrons. The molecule has 0 aliphatic carbocycles. The van der Waals surface area contributed by atoms with Gasteiger partial charge in [0.05, 0.1) is 0 Å². The van der Waals surface area contributed by atoms with Gasteiger partial charge in [0.2, 0.25) is 5.91 Å². The summed E-state index contributed by atoms with van der Waals surface area (Å²) in [4.78, 5) is 16.7. The van der Waals surface area contributed by atoms with Gasteiger partial charge >= 0.3 is 0 Å². The van der Waals surface area contributed by atoms with Crippen LogP contribution in [0.2, 0.25) is 0 Å². The molecule has 0 spiro atoms. The second-order valence-electron chi connectivity index (χ2n) is 6.29. The van der Waals surface area contributed by atoms with Gasteiger partial charge in [-0.3, -0.25) is 4.79 Å². The van der Waals surface area contributed by atoms with Crippen molar-refractivity contribution in [1.29, 1.82) is 0 Å². The minimum atomic E-state index is 0.338. The van der Waals surface area contributed by atoms with E-state index in [0.717, 1.165) is 57.9 Å². The molecule has 1 aromatic rings. The molecule has 1 aliphatic heterocycles. The fourth-order valence-corrected chi connectivity index (χ4v) is 3.29. The third-order valence-corrected chi connectivity index (χ3v) is 4.87. The standard InChI is InChI=1S/C19H30N2O/c1-3-20(4-2)13-12-19(22)21-14-10-18(11-15-21)16-17-8-6-5-7-9-17/h5-9,18H,3-4,10-16H2,1-2H3. The van der Waals surface area contributed by atoms with Crippen LogP contribution in [-0.2, 0) is 11.2 Å². The SMILES string of the molecule is CCN(CC)CCC(=O)N1CCC(Cc2ccccc2)CC1. The molecule has 3 nitrogen and oxygen atoms in total. The molecule has 22 heavy (non-hydrogen) atoms. The van der Waals surface area contributed by atoms with Crippen molar-refractivity contribution in [3.63, 3.8) is 0 Å². The summed E-state index contributed by atoms with van der Waals surface area (Å²) in [6.45, 7) is 9.15. The fraction of sp³-hybridized carbons (Fsp3) is 0.632. The van der Waals surface area contributed by atoms with E-state index in [1.807, 2.05) is 0 Å². The summed E-state index contributed by atoms with van der Waals surface area (Å²) in [5.74, 6) is 1.07. The lowest BCUT2D eigenvalue weighted by Crippen LogP contribution is -2.40. The Balaban J connectivity index is 1.71. The maximum atomic E-state index is 12.3. The molecule has 0 bridgehead atoms. The van der Waals surface area contributed by atoms with Gasteiger partial charge < -0.3 is 9.80 Å². The number of rotatable bonds is 7. The Morgan fingerprint density at radius 1 is 1.14 bits per heavy atom. The van der Waals surface area contributed by atoms with Crippen LogP contribution in [0.5, 0.6) is 0 Å². The number of amides is 1. The van der Waals surface area contributed by atoms with Crippen molar-refractivity contribution in [3.05, 3.63) is 35.9 Å². The molecule has 1 amide bonds. The zero-order valence-electron chi connectivity index (χ0n) is 14.1. The van der Waals surface area contributed by atoms with Crippen LogP contribution in [0, 0.1) is 5.92 Å². The van der Waals surface area contributed by atoms with E-state index in [-0.39, 0.29) is 0 Å². The van der Waals surface area contributed by atoms with Crippen molar-refractivity contribution in [2.24, 2.45) is 5.92 Å². The fourth-order valence-electron chi connectivity index (χ4n) is 3.29. The van der Waals surface area contributed by atoms with E-state index >= 15 is 0 Å². The Hall–Kier alpha value is -1.35. The predicted molar refractivity (Wildman–Crippen MR) is 91.9 cm³/mol. The molecule has 0 radical (unpaired) electrons. The quantitative estimate of drug-likeness (QED) is 0.772. The molecule has 0 unspecified atom stereocenters. The van der Waals surface area contributed by atoms with Crippen LogP contribution in [0.15, 0.2) is 30.3 Å². The highest BCUT2D eigenvalue weighted by Crippen LogP contribution is 2.22.